The zero-order chi connectivity index (χ0) is 31.1. The highest BCUT2D eigenvalue weighted by atomic mass is 32.1. The highest BCUT2D eigenvalue weighted by molar-refractivity contribution is 7.12. The van der Waals surface area contributed by atoms with Gasteiger partial charge in [-0.15, -0.1) is 24.5 Å². The van der Waals surface area contributed by atoms with Crippen molar-refractivity contribution in [2.75, 3.05) is 6.61 Å². The molecule has 0 bridgehead atoms. The molecule has 0 radical (unpaired) electrons. The third kappa shape index (κ3) is 16.4. The number of allylic oxidation sites excluding steroid dienone is 4. The monoisotopic (exact) mass is 586 g/mol. The van der Waals surface area contributed by atoms with Crippen LogP contribution in [0.3, 0.4) is 0 Å². The molecule has 2 aromatic rings. The fourth-order valence-electron chi connectivity index (χ4n) is 2.69. The van der Waals surface area contributed by atoms with Gasteiger partial charge in [-0.2, -0.15) is 0 Å². The lowest BCUT2D eigenvalue weighted by atomic mass is 10.1. The third-order valence-electron chi connectivity index (χ3n) is 4.52. The van der Waals surface area contributed by atoms with Crippen LogP contribution in [-0.4, -0.2) is 36.4 Å². The Morgan fingerprint density at radius 1 is 1.15 bits per heavy atom. The summed E-state index contributed by atoms with van der Waals surface area (Å²) in [5, 5.41) is 8.60. The molecule has 2 rings (SSSR count). The van der Waals surface area contributed by atoms with E-state index >= 15 is 0 Å². The van der Waals surface area contributed by atoms with Gasteiger partial charge in [-0.3, -0.25) is 9.59 Å². The number of benzene rings is 1. The maximum absolute atomic E-state index is 12.9. The number of halogens is 3. The Labute approximate surface area is 239 Å². The first-order chi connectivity index (χ1) is 19.0. The van der Waals surface area contributed by atoms with Crippen LogP contribution in [0.1, 0.15) is 76.5 Å². The van der Waals surface area contributed by atoms with Crippen molar-refractivity contribution in [3.63, 3.8) is 0 Å². The predicted molar refractivity (Wildman–Crippen MR) is 155 cm³/mol. The van der Waals surface area contributed by atoms with Gasteiger partial charge in [0, 0.05) is 6.42 Å². The Hall–Kier alpha value is -3.53. The smallest absolute Gasteiger partial charge is 0.494 e. The molecule has 0 fully saturated rings. The summed E-state index contributed by atoms with van der Waals surface area (Å²) in [6.07, 6.45) is 1.69. The van der Waals surface area contributed by atoms with Gasteiger partial charge in [0.15, 0.2) is 0 Å². The van der Waals surface area contributed by atoms with E-state index in [1.165, 1.54) is 17.4 Å². The van der Waals surface area contributed by atoms with E-state index in [0.717, 1.165) is 24.1 Å². The van der Waals surface area contributed by atoms with Gasteiger partial charge in [0.05, 0.1) is 23.2 Å². The van der Waals surface area contributed by atoms with Gasteiger partial charge >= 0.3 is 6.36 Å². The minimum absolute atomic E-state index is 0.00197. The van der Waals surface area contributed by atoms with Gasteiger partial charge in [-0.1, -0.05) is 58.9 Å². The molecule has 1 heterocycles. The van der Waals surface area contributed by atoms with Crippen molar-refractivity contribution in [1.29, 1.82) is 0 Å². The molecule has 1 atom stereocenters. The van der Waals surface area contributed by atoms with Crippen LogP contribution in [0.15, 0.2) is 71.9 Å². The van der Waals surface area contributed by atoms with Crippen molar-refractivity contribution >= 4 is 23.6 Å². The van der Waals surface area contributed by atoms with Gasteiger partial charge in [0.25, 0.3) is 6.47 Å². The molecule has 6 nitrogen and oxygen atoms in total. The SMILES string of the molecule is C=C(/C=C\C(=C/C)OCCC(C)Oc1ccc(OC(F)(F)F)cc1C(=O)c1cccs1)CC.CC.CC.O=CO. The molecule has 40 heavy (non-hydrogen) atoms. The first kappa shape index (κ1) is 38.6. The molecule has 10 heteroatoms. The molecule has 0 spiro atoms. The predicted octanol–water partition coefficient (Wildman–Crippen LogP) is 9.23. The summed E-state index contributed by atoms with van der Waals surface area (Å²) in [7, 11) is 0. The van der Waals surface area contributed by atoms with Gasteiger partial charge in [-0.25, -0.2) is 0 Å². The van der Waals surface area contributed by atoms with E-state index in [4.69, 9.17) is 19.4 Å². The molecule has 1 aromatic heterocycles. The second-order valence-corrected chi connectivity index (χ2v) is 8.17. The molecular weight excluding hydrogens is 545 g/mol. The van der Waals surface area contributed by atoms with E-state index in [1.54, 1.807) is 24.4 Å². The van der Waals surface area contributed by atoms with Crippen molar-refractivity contribution < 1.29 is 42.1 Å². The lowest BCUT2D eigenvalue weighted by Gasteiger charge is -2.18. The number of carboxylic acid groups (broad SMARTS) is 1. The van der Waals surface area contributed by atoms with Gasteiger partial charge in [0.2, 0.25) is 5.78 Å². The molecule has 0 saturated carbocycles. The van der Waals surface area contributed by atoms with Crippen LogP contribution in [0.4, 0.5) is 13.2 Å². The van der Waals surface area contributed by atoms with E-state index in [0.29, 0.717) is 23.7 Å². The molecule has 224 valence electrons. The number of rotatable bonds is 12. The number of ether oxygens (including phenoxy) is 3. The number of hydrogen-bond acceptors (Lipinski definition) is 6. The number of ketones is 1. The Morgan fingerprint density at radius 2 is 1.77 bits per heavy atom. The number of hydrogen-bond donors (Lipinski definition) is 1. The van der Waals surface area contributed by atoms with Gasteiger partial charge < -0.3 is 19.3 Å². The minimum atomic E-state index is -4.86. The Kier molecular flexibility index (Phi) is 21.5. The maximum Gasteiger partial charge on any atom is 0.573 e. The summed E-state index contributed by atoms with van der Waals surface area (Å²) in [5.74, 6) is -0.0441. The van der Waals surface area contributed by atoms with Crippen molar-refractivity contribution in [2.24, 2.45) is 0 Å². The maximum atomic E-state index is 12.9. The van der Waals surface area contributed by atoms with Crippen LogP contribution in [0.2, 0.25) is 0 Å². The first-order valence-corrected chi connectivity index (χ1v) is 13.8. The number of carbonyl (C=O) groups is 2. The zero-order valence-corrected chi connectivity index (χ0v) is 25.0. The van der Waals surface area contributed by atoms with Crippen molar-refractivity contribution in [1.82, 2.24) is 0 Å². The molecule has 1 unspecified atom stereocenters. The standard InChI is InChI=1S/C25H27F3O4S.2C2H6.CH2O2/c1-5-17(3)9-10-19(6-2)30-14-13-18(4)31-22-12-11-20(32-25(26,27)28)16-21(22)24(29)23-8-7-15-33-23;2*1-2;2-1-3/h6-12,15-16,18H,3,5,13-14H2,1-2,4H3;2*1-2H3;1H,(H,2,3)/b10-9-,19-6+;;;. The second-order valence-electron chi connectivity index (χ2n) is 7.22. The van der Waals surface area contributed by atoms with Crippen LogP contribution in [0, 0.1) is 0 Å². The molecular formula is C30H41F3O6S. The largest absolute Gasteiger partial charge is 0.573 e. The minimum Gasteiger partial charge on any atom is -0.494 e. The summed E-state index contributed by atoms with van der Waals surface area (Å²) in [5.41, 5.74) is 0.984. The van der Waals surface area contributed by atoms with Crippen LogP contribution in [0.5, 0.6) is 11.5 Å². The zero-order valence-electron chi connectivity index (χ0n) is 24.2. The average molecular weight is 587 g/mol. The lowest BCUT2D eigenvalue weighted by molar-refractivity contribution is -0.274. The summed E-state index contributed by atoms with van der Waals surface area (Å²) in [4.78, 5) is 21.6. The topological polar surface area (TPSA) is 82.1 Å². The van der Waals surface area contributed by atoms with E-state index in [1.807, 2.05) is 59.8 Å². The Bertz CT molecular complexity index is 1040. The highest BCUT2D eigenvalue weighted by Crippen LogP contribution is 2.31. The number of carbonyl (C=O) groups excluding carboxylic acids is 1. The van der Waals surface area contributed by atoms with Crippen LogP contribution >= 0.6 is 11.3 Å². The Morgan fingerprint density at radius 3 is 2.27 bits per heavy atom. The van der Waals surface area contributed by atoms with Crippen LogP contribution < -0.4 is 9.47 Å². The molecule has 1 aromatic carbocycles. The van der Waals surface area contributed by atoms with Gasteiger partial charge in [-0.05, 0) is 62.1 Å². The molecule has 0 aliphatic rings. The van der Waals surface area contributed by atoms with Crippen LogP contribution in [-0.2, 0) is 9.53 Å². The quantitative estimate of drug-likeness (QED) is 0.116. The van der Waals surface area contributed by atoms with Crippen molar-refractivity contribution in [3.8, 4) is 11.5 Å². The second kappa shape index (κ2) is 22.3. The van der Waals surface area contributed by atoms with Gasteiger partial charge in [0.1, 0.15) is 17.3 Å². The molecule has 1 N–H and O–H groups in total. The fraction of sp³-hybridized carbons (Fsp3) is 0.400. The fourth-order valence-corrected chi connectivity index (χ4v) is 3.37. The summed E-state index contributed by atoms with van der Waals surface area (Å²) < 4.78 is 53.6. The highest BCUT2D eigenvalue weighted by Gasteiger charge is 2.32. The van der Waals surface area contributed by atoms with Crippen LogP contribution in [0.25, 0.3) is 0 Å². The van der Waals surface area contributed by atoms with E-state index in [2.05, 4.69) is 11.3 Å². The number of thiophene rings is 1. The normalized spacial score (nSPS) is 11.4. The average Bonchev–Trinajstić information content (AvgIpc) is 3.48. The molecule has 0 aliphatic heterocycles. The Balaban J connectivity index is 0. The third-order valence-corrected chi connectivity index (χ3v) is 5.39. The summed E-state index contributed by atoms with van der Waals surface area (Å²) in [6, 6.07) is 6.79. The van der Waals surface area contributed by atoms with E-state index < -0.39 is 17.9 Å². The van der Waals surface area contributed by atoms with E-state index in [-0.39, 0.29) is 23.9 Å². The van der Waals surface area contributed by atoms with Crippen molar-refractivity contribution in [3.05, 3.63) is 82.3 Å². The molecule has 0 saturated heterocycles. The van der Waals surface area contributed by atoms with E-state index in [9.17, 15) is 18.0 Å². The summed E-state index contributed by atoms with van der Waals surface area (Å²) in [6.45, 7) is 17.7. The molecule has 0 amide bonds. The molecule has 0 aliphatic carbocycles. The van der Waals surface area contributed by atoms with Crippen molar-refractivity contribution in [2.45, 2.75) is 73.8 Å². The lowest BCUT2D eigenvalue weighted by Crippen LogP contribution is -2.19. The number of alkyl halides is 3. The summed E-state index contributed by atoms with van der Waals surface area (Å²) >= 11 is 1.19. The first-order valence-electron chi connectivity index (χ1n) is 12.9.